The molecule has 0 aliphatic rings. The molecule has 0 fully saturated rings. The second-order valence-corrected chi connectivity index (χ2v) is 5.93. The Bertz CT molecular complexity index is 1030. The highest BCUT2D eigenvalue weighted by atomic mass is 32.1. The lowest BCUT2D eigenvalue weighted by Gasteiger charge is -2.07. The molecule has 0 saturated heterocycles. The van der Waals surface area contributed by atoms with Gasteiger partial charge in [-0.05, 0) is 36.8 Å². The maximum atomic E-state index is 12.7. The van der Waals surface area contributed by atoms with E-state index >= 15 is 0 Å². The summed E-state index contributed by atoms with van der Waals surface area (Å²) in [5.74, 6) is 0. The van der Waals surface area contributed by atoms with Crippen LogP contribution in [0.5, 0.6) is 0 Å². The van der Waals surface area contributed by atoms with Gasteiger partial charge in [-0.25, -0.2) is 0 Å². The highest BCUT2D eigenvalue weighted by Gasteiger charge is 2.10. The molecule has 2 nitrogen and oxygen atoms in total. The van der Waals surface area contributed by atoms with E-state index in [1.165, 1.54) is 0 Å². The minimum absolute atomic E-state index is 0.114. The van der Waals surface area contributed by atoms with Crippen molar-refractivity contribution in [2.24, 2.45) is 0 Å². The van der Waals surface area contributed by atoms with Crippen molar-refractivity contribution in [3.8, 4) is 0 Å². The van der Waals surface area contributed by atoms with Crippen LogP contribution in [0, 0.1) is 6.92 Å². The Morgan fingerprint density at radius 1 is 1.05 bits per heavy atom. The van der Waals surface area contributed by atoms with Crippen molar-refractivity contribution in [3.63, 3.8) is 0 Å². The van der Waals surface area contributed by atoms with E-state index in [4.69, 9.17) is 0 Å². The summed E-state index contributed by atoms with van der Waals surface area (Å²) in [5, 5.41) is 2.62. The Morgan fingerprint density at radius 2 is 1.90 bits per heavy atom. The van der Waals surface area contributed by atoms with Crippen LogP contribution in [0.4, 0.5) is 0 Å². The zero-order valence-corrected chi connectivity index (χ0v) is 11.7. The van der Waals surface area contributed by atoms with Crippen LogP contribution in [-0.2, 0) is 0 Å². The highest BCUT2D eigenvalue weighted by Crippen LogP contribution is 2.31. The average Bonchev–Trinajstić information content (AvgIpc) is 2.49. The van der Waals surface area contributed by atoms with Crippen molar-refractivity contribution >= 4 is 42.4 Å². The lowest BCUT2D eigenvalue weighted by molar-refractivity contribution is 1.39. The van der Waals surface area contributed by atoms with Crippen molar-refractivity contribution in [2.75, 3.05) is 0 Å². The number of hydrogen-bond acceptors (Lipinski definition) is 3. The Hall–Kier alpha value is -2.26. The van der Waals surface area contributed by atoms with E-state index in [-0.39, 0.29) is 5.43 Å². The molecule has 96 valence electrons. The van der Waals surface area contributed by atoms with Crippen LogP contribution in [0.15, 0.2) is 53.5 Å². The number of hydrogen-bond donors (Lipinski definition) is 0. The molecule has 2 aromatic carbocycles. The van der Waals surface area contributed by atoms with Gasteiger partial charge in [-0.1, -0.05) is 18.2 Å². The maximum Gasteiger partial charge on any atom is 0.195 e. The summed E-state index contributed by atoms with van der Waals surface area (Å²) >= 11 is 1.67. The summed E-state index contributed by atoms with van der Waals surface area (Å²) in [5.41, 5.74) is 2.18. The number of pyridine rings is 1. The van der Waals surface area contributed by atoms with Crippen LogP contribution in [-0.4, -0.2) is 4.98 Å². The van der Waals surface area contributed by atoms with Crippen molar-refractivity contribution in [1.82, 2.24) is 4.98 Å². The molecule has 0 bridgehead atoms. The molecule has 0 atom stereocenters. The minimum atomic E-state index is 0.114. The number of rotatable bonds is 0. The molecule has 3 heteroatoms. The second kappa shape index (κ2) is 4.12. The Balaban J connectivity index is 2.34. The molecule has 0 amide bonds. The van der Waals surface area contributed by atoms with Gasteiger partial charge in [0.2, 0.25) is 0 Å². The van der Waals surface area contributed by atoms with E-state index in [0.29, 0.717) is 0 Å². The maximum absolute atomic E-state index is 12.7. The summed E-state index contributed by atoms with van der Waals surface area (Å²) in [6.45, 7) is 2.04. The predicted octanol–water partition coefficient (Wildman–Crippen LogP) is 4.27. The van der Waals surface area contributed by atoms with Gasteiger partial charge in [0.25, 0.3) is 0 Å². The molecule has 20 heavy (non-hydrogen) atoms. The zero-order chi connectivity index (χ0) is 13.7. The van der Waals surface area contributed by atoms with Crippen molar-refractivity contribution < 1.29 is 0 Å². The summed E-state index contributed by atoms with van der Waals surface area (Å²) in [6, 6.07) is 13.7. The molecule has 0 radical (unpaired) electrons. The molecule has 0 aliphatic carbocycles. The molecule has 0 aliphatic heterocycles. The van der Waals surface area contributed by atoms with Gasteiger partial charge in [-0.3, -0.25) is 9.78 Å². The molecule has 2 aromatic heterocycles. The van der Waals surface area contributed by atoms with Crippen LogP contribution in [0.2, 0.25) is 0 Å². The number of nitrogens with zero attached hydrogens (tertiary/aromatic N) is 1. The molecule has 4 aromatic rings. The molecular weight excluding hydrogens is 266 g/mol. The minimum Gasteiger partial charge on any atom is -0.289 e. The number of aromatic nitrogens is 1. The monoisotopic (exact) mass is 277 g/mol. The Morgan fingerprint density at radius 3 is 2.80 bits per heavy atom. The first-order valence-electron chi connectivity index (χ1n) is 6.45. The third-order valence-corrected chi connectivity index (χ3v) is 4.97. The fourth-order valence-corrected chi connectivity index (χ4v) is 3.83. The van der Waals surface area contributed by atoms with Gasteiger partial charge < -0.3 is 0 Å². The predicted molar refractivity (Wildman–Crippen MR) is 85.6 cm³/mol. The van der Waals surface area contributed by atoms with Gasteiger partial charge in [0.05, 0.1) is 5.52 Å². The van der Waals surface area contributed by atoms with Crippen molar-refractivity contribution in [3.05, 3.63) is 64.4 Å². The summed E-state index contributed by atoms with van der Waals surface area (Å²) in [6.07, 6.45) is 1.80. The quantitative estimate of drug-likeness (QED) is 0.449. The van der Waals surface area contributed by atoms with Gasteiger partial charge in [0.15, 0.2) is 5.43 Å². The summed E-state index contributed by atoms with van der Waals surface area (Å²) in [4.78, 5) is 17.1. The van der Waals surface area contributed by atoms with Gasteiger partial charge in [0.1, 0.15) is 0 Å². The van der Waals surface area contributed by atoms with Crippen LogP contribution in [0.3, 0.4) is 0 Å². The normalized spacial score (nSPS) is 11.4. The van der Waals surface area contributed by atoms with Crippen molar-refractivity contribution in [1.29, 1.82) is 0 Å². The van der Waals surface area contributed by atoms with Crippen LogP contribution >= 0.6 is 11.3 Å². The Kier molecular flexibility index (Phi) is 2.38. The largest absolute Gasteiger partial charge is 0.289 e. The van der Waals surface area contributed by atoms with Crippen LogP contribution < -0.4 is 5.43 Å². The van der Waals surface area contributed by atoms with E-state index in [9.17, 15) is 4.79 Å². The first-order valence-corrected chi connectivity index (χ1v) is 7.27. The van der Waals surface area contributed by atoms with E-state index in [2.05, 4.69) is 4.98 Å². The molecule has 4 rings (SSSR count). The standard InChI is InChI=1S/C17H11NOS/c1-10-15-11(5-4-8-18-15)9-13-16(19)12-6-2-3-7-14(12)20-17(10)13/h2-9H,1H3. The molecule has 0 N–H and O–H groups in total. The number of fused-ring (bicyclic) bond motifs is 3. The molecular formula is C17H11NOS. The fourth-order valence-electron chi connectivity index (χ4n) is 2.68. The van der Waals surface area contributed by atoms with Gasteiger partial charge >= 0.3 is 0 Å². The summed E-state index contributed by atoms with van der Waals surface area (Å²) < 4.78 is 2.07. The molecule has 2 heterocycles. The number of aryl methyl sites for hydroxylation is 1. The topological polar surface area (TPSA) is 30.0 Å². The van der Waals surface area contributed by atoms with Crippen molar-refractivity contribution in [2.45, 2.75) is 6.92 Å². The third-order valence-electron chi connectivity index (χ3n) is 3.67. The van der Waals surface area contributed by atoms with E-state index in [1.54, 1.807) is 17.5 Å². The average molecular weight is 277 g/mol. The lowest BCUT2D eigenvalue weighted by Crippen LogP contribution is -2.02. The first kappa shape index (κ1) is 11.6. The van der Waals surface area contributed by atoms with Crippen LogP contribution in [0.25, 0.3) is 31.1 Å². The van der Waals surface area contributed by atoms with Gasteiger partial charge in [-0.2, -0.15) is 0 Å². The SMILES string of the molecule is Cc1c2ncccc2cc2c(=O)c3ccccc3sc12. The third kappa shape index (κ3) is 1.50. The smallest absolute Gasteiger partial charge is 0.195 e. The van der Waals surface area contributed by atoms with E-state index < -0.39 is 0 Å². The fraction of sp³-hybridized carbons (Fsp3) is 0.0588. The van der Waals surface area contributed by atoms with Crippen LogP contribution in [0.1, 0.15) is 5.56 Å². The molecule has 0 saturated carbocycles. The van der Waals surface area contributed by atoms with Gasteiger partial charge in [0, 0.05) is 31.8 Å². The second-order valence-electron chi connectivity index (χ2n) is 4.88. The lowest BCUT2D eigenvalue weighted by atomic mass is 10.1. The van der Waals surface area contributed by atoms with E-state index in [1.807, 2.05) is 49.4 Å². The van der Waals surface area contributed by atoms with E-state index in [0.717, 1.165) is 36.6 Å². The molecule has 0 spiro atoms. The first-order chi connectivity index (χ1) is 9.75. The highest BCUT2D eigenvalue weighted by molar-refractivity contribution is 7.24. The summed E-state index contributed by atoms with van der Waals surface area (Å²) in [7, 11) is 0. The molecule has 0 unspecified atom stereocenters. The number of benzene rings is 2. The Labute approximate surface area is 119 Å². The van der Waals surface area contributed by atoms with Gasteiger partial charge in [-0.15, -0.1) is 11.3 Å². The zero-order valence-electron chi connectivity index (χ0n) is 10.9.